The normalized spacial score (nSPS) is 10.1. The number of hydrogen-bond acceptors (Lipinski definition) is 4. The molecule has 0 saturated heterocycles. The molecule has 0 aliphatic carbocycles. The highest BCUT2D eigenvalue weighted by Gasteiger charge is 2.03. The van der Waals surface area contributed by atoms with Crippen molar-refractivity contribution in [1.29, 1.82) is 0 Å². The van der Waals surface area contributed by atoms with Crippen LogP contribution in [-0.4, -0.2) is 0 Å². The molecule has 0 aliphatic heterocycles. The Balaban J connectivity index is 2.23. The zero-order valence-corrected chi connectivity index (χ0v) is 8.84. The highest BCUT2D eigenvalue weighted by atomic mass is 16.7. The lowest BCUT2D eigenvalue weighted by molar-refractivity contribution is 0.335. The van der Waals surface area contributed by atoms with Gasteiger partial charge in [-0.25, -0.2) is 0 Å². The van der Waals surface area contributed by atoms with Crippen molar-refractivity contribution in [2.24, 2.45) is 5.34 Å². The van der Waals surface area contributed by atoms with Crippen LogP contribution in [0, 0.1) is 4.91 Å². The summed E-state index contributed by atoms with van der Waals surface area (Å²) in [5.41, 5.74) is 0.943. The van der Waals surface area contributed by atoms with E-state index in [-0.39, 0.29) is 0 Å². The molecule has 0 amide bonds. The standard InChI is InChI=1S/C12H11NO3/c1-2-10-7-8-12(15-10)9-3-5-11(6-4-9)16-13-14/h3-8H,2H2,1H3. The summed E-state index contributed by atoms with van der Waals surface area (Å²) in [6, 6.07) is 10.9. The van der Waals surface area contributed by atoms with Crippen molar-refractivity contribution in [2.45, 2.75) is 13.3 Å². The molecule has 0 N–H and O–H groups in total. The Morgan fingerprint density at radius 2 is 1.94 bits per heavy atom. The van der Waals surface area contributed by atoms with E-state index in [0.29, 0.717) is 5.75 Å². The Morgan fingerprint density at radius 1 is 1.19 bits per heavy atom. The second kappa shape index (κ2) is 4.61. The zero-order chi connectivity index (χ0) is 11.4. The van der Waals surface area contributed by atoms with Crippen LogP contribution in [0.25, 0.3) is 11.3 Å². The molecule has 0 bridgehead atoms. The minimum atomic E-state index is 0.418. The monoisotopic (exact) mass is 217 g/mol. The number of aryl methyl sites for hydroxylation is 1. The van der Waals surface area contributed by atoms with Crippen molar-refractivity contribution in [2.75, 3.05) is 0 Å². The quantitative estimate of drug-likeness (QED) is 0.581. The molecule has 0 atom stereocenters. The fourth-order valence-corrected chi connectivity index (χ4v) is 1.45. The van der Waals surface area contributed by atoms with Gasteiger partial charge in [0, 0.05) is 12.0 Å². The van der Waals surface area contributed by atoms with E-state index in [9.17, 15) is 4.91 Å². The Morgan fingerprint density at radius 3 is 2.50 bits per heavy atom. The molecule has 1 aromatic carbocycles. The lowest BCUT2D eigenvalue weighted by Gasteiger charge is -1.98. The first-order valence-electron chi connectivity index (χ1n) is 5.02. The number of furan rings is 1. The number of nitrogens with zero attached hydrogens (tertiary/aromatic N) is 1. The van der Waals surface area contributed by atoms with Gasteiger partial charge in [0.05, 0.1) is 0 Å². The van der Waals surface area contributed by atoms with Crippen LogP contribution in [0.2, 0.25) is 0 Å². The van der Waals surface area contributed by atoms with Crippen molar-refractivity contribution in [1.82, 2.24) is 0 Å². The van der Waals surface area contributed by atoms with Crippen molar-refractivity contribution in [3.63, 3.8) is 0 Å². The molecule has 4 heteroatoms. The fraction of sp³-hybridized carbons (Fsp3) is 0.167. The van der Waals surface area contributed by atoms with E-state index >= 15 is 0 Å². The predicted molar refractivity (Wildman–Crippen MR) is 59.9 cm³/mol. The highest BCUT2D eigenvalue weighted by molar-refractivity contribution is 5.58. The van der Waals surface area contributed by atoms with Gasteiger partial charge in [-0.3, -0.25) is 0 Å². The molecule has 0 unspecified atom stereocenters. The average molecular weight is 217 g/mol. The third-order valence-corrected chi connectivity index (χ3v) is 2.29. The summed E-state index contributed by atoms with van der Waals surface area (Å²) in [6.07, 6.45) is 0.871. The first-order chi connectivity index (χ1) is 7.83. The Bertz CT molecular complexity index is 473. The van der Waals surface area contributed by atoms with Gasteiger partial charge in [-0.05, 0) is 36.4 Å². The fourth-order valence-electron chi connectivity index (χ4n) is 1.45. The smallest absolute Gasteiger partial charge is 0.161 e. The SMILES string of the molecule is CCc1ccc(-c2ccc(ON=O)cc2)o1. The third-order valence-electron chi connectivity index (χ3n) is 2.29. The number of rotatable bonds is 4. The Hall–Kier alpha value is -2.10. The largest absolute Gasteiger partial charge is 0.461 e. The van der Waals surface area contributed by atoms with Crippen LogP contribution in [0.4, 0.5) is 0 Å². The summed E-state index contributed by atoms with van der Waals surface area (Å²) in [6.45, 7) is 2.04. The van der Waals surface area contributed by atoms with Crippen LogP contribution < -0.4 is 4.84 Å². The van der Waals surface area contributed by atoms with Crippen LogP contribution in [0.3, 0.4) is 0 Å². The average Bonchev–Trinajstić information content (AvgIpc) is 2.79. The van der Waals surface area contributed by atoms with E-state index in [0.717, 1.165) is 23.5 Å². The molecule has 1 aromatic heterocycles. The van der Waals surface area contributed by atoms with Gasteiger partial charge in [0.25, 0.3) is 0 Å². The van der Waals surface area contributed by atoms with E-state index in [1.54, 1.807) is 12.1 Å². The van der Waals surface area contributed by atoms with Gasteiger partial charge in [-0.15, -0.1) is 4.91 Å². The highest BCUT2D eigenvalue weighted by Crippen LogP contribution is 2.24. The van der Waals surface area contributed by atoms with E-state index in [4.69, 9.17) is 4.42 Å². The summed E-state index contributed by atoms with van der Waals surface area (Å²) >= 11 is 0. The van der Waals surface area contributed by atoms with Crippen LogP contribution >= 0.6 is 0 Å². The molecule has 0 radical (unpaired) electrons. The molecule has 0 fully saturated rings. The second-order valence-electron chi connectivity index (χ2n) is 3.31. The summed E-state index contributed by atoms with van der Waals surface area (Å²) in [5.74, 6) is 2.17. The van der Waals surface area contributed by atoms with Gasteiger partial charge in [0.2, 0.25) is 0 Å². The van der Waals surface area contributed by atoms with Gasteiger partial charge < -0.3 is 9.25 Å². The van der Waals surface area contributed by atoms with Gasteiger partial charge in [0.1, 0.15) is 11.5 Å². The van der Waals surface area contributed by atoms with Crippen LogP contribution in [-0.2, 0) is 6.42 Å². The van der Waals surface area contributed by atoms with Crippen molar-refractivity contribution in [3.05, 3.63) is 47.1 Å². The Labute approximate surface area is 92.8 Å². The molecule has 16 heavy (non-hydrogen) atoms. The Kier molecular flexibility index (Phi) is 3.00. The minimum absolute atomic E-state index is 0.418. The third kappa shape index (κ3) is 2.11. The molecule has 4 nitrogen and oxygen atoms in total. The maximum absolute atomic E-state index is 9.88. The number of benzene rings is 1. The molecular formula is C12H11NO3. The van der Waals surface area contributed by atoms with Crippen molar-refractivity contribution in [3.8, 4) is 17.1 Å². The molecule has 1 heterocycles. The molecule has 0 saturated carbocycles. The lowest BCUT2D eigenvalue weighted by Crippen LogP contribution is -1.80. The van der Waals surface area contributed by atoms with E-state index < -0.39 is 0 Å². The second-order valence-corrected chi connectivity index (χ2v) is 3.31. The summed E-state index contributed by atoms with van der Waals surface area (Å²) in [5, 5.41) is 2.35. The molecule has 0 spiro atoms. The molecule has 2 rings (SSSR count). The minimum Gasteiger partial charge on any atom is -0.461 e. The molecule has 0 aliphatic rings. The first-order valence-corrected chi connectivity index (χ1v) is 5.02. The van der Waals surface area contributed by atoms with Crippen molar-refractivity contribution >= 4 is 0 Å². The molecule has 82 valence electrons. The molecular weight excluding hydrogens is 206 g/mol. The van der Waals surface area contributed by atoms with Gasteiger partial charge in [-0.2, -0.15) is 0 Å². The maximum atomic E-state index is 9.88. The number of hydrogen-bond donors (Lipinski definition) is 0. The van der Waals surface area contributed by atoms with Crippen LogP contribution in [0.15, 0.2) is 46.2 Å². The summed E-state index contributed by atoms with van der Waals surface area (Å²) in [7, 11) is 0. The van der Waals surface area contributed by atoms with Crippen LogP contribution in [0.1, 0.15) is 12.7 Å². The summed E-state index contributed by atoms with van der Waals surface area (Å²) in [4.78, 5) is 14.3. The first kappa shape index (κ1) is 10.4. The predicted octanol–water partition coefficient (Wildman–Crippen LogP) is 3.57. The van der Waals surface area contributed by atoms with Crippen LogP contribution in [0.5, 0.6) is 5.75 Å². The van der Waals surface area contributed by atoms with E-state index in [2.05, 4.69) is 10.2 Å². The topological polar surface area (TPSA) is 51.8 Å². The molecule has 2 aromatic rings. The van der Waals surface area contributed by atoms with E-state index in [1.807, 2.05) is 31.2 Å². The summed E-state index contributed by atoms with van der Waals surface area (Å²) < 4.78 is 5.59. The van der Waals surface area contributed by atoms with Crippen molar-refractivity contribution < 1.29 is 9.25 Å². The maximum Gasteiger partial charge on any atom is 0.161 e. The van der Waals surface area contributed by atoms with Gasteiger partial charge in [0.15, 0.2) is 11.1 Å². The van der Waals surface area contributed by atoms with Gasteiger partial charge >= 0.3 is 0 Å². The van der Waals surface area contributed by atoms with E-state index in [1.165, 1.54) is 0 Å². The zero-order valence-electron chi connectivity index (χ0n) is 8.84. The lowest BCUT2D eigenvalue weighted by atomic mass is 10.2. The van der Waals surface area contributed by atoms with Gasteiger partial charge in [-0.1, -0.05) is 6.92 Å².